The first-order valence-electron chi connectivity index (χ1n) is 9.33. The van der Waals surface area contributed by atoms with E-state index in [9.17, 15) is 0 Å². The standard InChI is InChI=1S/C23H23N5/c1-15(2)22-11-18(7-8-24-22)16(3)27-20-12-21(17(4)26-13-20)19-5-6-23-25-9-10-28(23)14-19/h5-15,27H,3H2,1-2,4H3. The molecule has 4 aromatic rings. The van der Waals surface area contributed by atoms with Crippen LogP contribution in [0.1, 0.15) is 36.7 Å². The lowest BCUT2D eigenvalue weighted by molar-refractivity contribution is 0.822. The van der Waals surface area contributed by atoms with E-state index in [1.165, 1.54) is 0 Å². The summed E-state index contributed by atoms with van der Waals surface area (Å²) >= 11 is 0. The summed E-state index contributed by atoms with van der Waals surface area (Å²) in [5, 5.41) is 3.39. The molecule has 0 saturated carbocycles. The van der Waals surface area contributed by atoms with E-state index in [1.807, 2.05) is 42.0 Å². The van der Waals surface area contributed by atoms with Crippen LogP contribution in [0, 0.1) is 6.92 Å². The molecule has 0 bridgehead atoms. The average molecular weight is 369 g/mol. The van der Waals surface area contributed by atoms with Crippen LogP contribution in [-0.4, -0.2) is 19.4 Å². The van der Waals surface area contributed by atoms with E-state index in [2.05, 4.69) is 65.1 Å². The maximum Gasteiger partial charge on any atom is 0.136 e. The molecule has 28 heavy (non-hydrogen) atoms. The molecule has 4 heterocycles. The molecule has 5 heteroatoms. The van der Waals surface area contributed by atoms with Gasteiger partial charge >= 0.3 is 0 Å². The van der Waals surface area contributed by atoms with Crippen molar-refractivity contribution in [2.45, 2.75) is 26.7 Å². The molecule has 0 fully saturated rings. The largest absolute Gasteiger partial charge is 0.354 e. The summed E-state index contributed by atoms with van der Waals surface area (Å²) < 4.78 is 2.01. The Morgan fingerprint density at radius 3 is 2.75 bits per heavy atom. The Bertz CT molecular complexity index is 1160. The quantitative estimate of drug-likeness (QED) is 0.518. The number of anilines is 1. The van der Waals surface area contributed by atoms with Crippen molar-refractivity contribution >= 4 is 17.0 Å². The third kappa shape index (κ3) is 3.51. The highest BCUT2D eigenvalue weighted by atomic mass is 15.0. The smallest absolute Gasteiger partial charge is 0.136 e. The van der Waals surface area contributed by atoms with Gasteiger partial charge in [0, 0.05) is 58.6 Å². The SMILES string of the molecule is C=C(Nc1cnc(C)c(-c2ccc3nccn3c2)c1)c1ccnc(C(C)C)c1. The Hall–Kier alpha value is -3.47. The van der Waals surface area contributed by atoms with E-state index in [0.717, 1.165) is 45.1 Å². The molecular formula is C23H23N5. The minimum Gasteiger partial charge on any atom is -0.354 e. The van der Waals surface area contributed by atoms with Gasteiger partial charge in [-0.25, -0.2) is 4.98 Å². The van der Waals surface area contributed by atoms with Gasteiger partial charge in [-0.05, 0) is 43.2 Å². The molecule has 1 N–H and O–H groups in total. The Morgan fingerprint density at radius 1 is 1.07 bits per heavy atom. The summed E-state index contributed by atoms with van der Waals surface area (Å²) in [7, 11) is 0. The summed E-state index contributed by atoms with van der Waals surface area (Å²) in [6, 6.07) is 10.2. The summed E-state index contributed by atoms with van der Waals surface area (Å²) in [5.41, 5.74) is 7.88. The van der Waals surface area contributed by atoms with Crippen LogP contribution in [0.25, 0.3) is 22.5 Å². The number of rotatable bonds is 5. The Labute approximate surface area is 164 Å². The van der Waals surface area contributed by atoms with Crippen LogP contribution in [-0.2, 0) is 0 Å². The molecule has 0 spiro atoms. The fourth-order valence-corrected chi connectivity index (χ4v) is 3.17. The molecular weight excluding hydrogens is 346 g/mol. The van der Waals surface area contributed by atoms with Crippen LogP contribution in [0.4, 0.5) is 5.69 Å². The summed E-state index contributed by atoms with van der Waals surface area (Å²) in [6.45, 7) is 10.5. The fourth-order valence-electron chi connectivity index (χ4n) is 3.17. The zero-order chi connectivity index (χ0) is 19.7. The molecule has 0 radical (unpaired) electrons. The zero-order valence-corrected chi connectivity index (χ0v) is 16.3. The second kappa shape index (κ2) is 7.27. The normalized spacial score (nSPS) is 11.1. The predicted molar refractivity (Wildman–Crippen MR) is 114 cm³/mol. The lowest BCUT2D eigenvalue weighted by Gasteiger charge is -2.14. The molecule has 0 aliphatic rings. The molecule has 0 aliphatic heterocycles. The Balaban J connectivity index is 1.63. The molecule has 0 atom stereocenters. The van der Waals surface area contributed by atoms with Crippen LogP contribution in [0.15, 0.2) is 67.9 Å². The molecule has 0 aliphatic carbocycles. The number of nitrogens with one attached hydrogen (secondary N) is 1. The molecule has 0 saturated heterocycles. The highest BCUT2D eigenvalue weighted by Crippen LogP contribution is 2.27. The van der Waals surface area contributed by atoms with Gasteiger partial charge in [-0.1, -0.05) is 20.4 Å². The Kier molecular flexibility index (Phi) is 4.65. The van der Waals surface area contributed by atoms with Crippen molar-refractivity contribution < 1.29 is 0 Å². The van der Waals surface area contributed by atoms with E-state index in [4.69, 9.17) is 0 Å². The molecule has 0 unspecified atom stereocenters. The number of pyridine rings is 3. The number of nitrogens with zero attached hydrogens (tertiary/aromatic N) is 4. The van der Waals surface area contributed by atoms with Crippen LogP contribution in [0.5, 0.6) is 0 Å². The monoisotopic (exact) mass is 369 g/mol. The summed E-state index contributed by atoms with van der Waals surface area (Å²) in [4.78, 5) is 13.3. The highest BCUT2D eigenvalue weighted by molar-refractivity contribution is 5.78. The van der Waals surface area contributed by atoms with Gasteiger partial charge in [-0.3, -0.25) is 9.97 Å². The van der Waals surface area contributed by atoms with Crippen molar-refractivity contribution in [2.75, 3.05) is 5.32 Å². The lowest BCUT2D eigenvalue weighted by Crippen LogP contribution is -2.01. The van der Waals surface area contributed by atoms with Gasteiger partial charge in [0.1, 0.15) is 5.65 Å². The van der Waals surface area contributed by atoms with Crippen molar-refractivity contribution in [1.82, 2.24) is 19.4 Å². The van der Waals surface area contributed by atoms with Crippen LogP contribution >= 0.6 is 0 Å². The molecule has 5 nitrogen and oxygen atoms in total. The molecule has 140 valence electrons. The van der Waals surface area contributed by atoms with Gasteiger partial charge in [-0.15, -0.1) is 0 Å². The van der Waals surface area contributed by atoms with Gasteiger partial charge < -0.3 is 9.72 Å². The van der Waals surface area contributed by atoms with Gasteiger partial charge in [-0.2, -0.15) is 0 Å². The predicted octanol–water partition coefficient (Wildman–Crippen LogP) is 5.31. The average Bonchev–Trinajstić information content (AvgIpc) is 3.17. The first kappa shape index (κ1) is 17.9. The zero-order valence-electron chi connectivity index (χ0n) is 16.3. The van der Waals surface area contributed by atoms with Gasteiger partial charge in [0.2, 0.25) is 0 Å². The van der Waals surface area contributed by atoms with Gasteiger partial charge in [0.25, 0.3) is 0 Å². The second-order valence-corrected chi connectivity index (χ2v) is 7.20. The number of aromatic nitrogens is 4. The number of aryl methyl sites for hydroxylation is 1. The molecule has 4 aromatic heterocycles. The second-order valence-electron chi connectivity index (χ2n) is 7.20. The fraction of sp³-hybridized carbons (Fsp3) is 0.174. The third-order valence-corrected chi connectivity index (χ3v) is 4.80. The van der Waals surface area contributed by atoms with Crippen molar-refractivity contribution in [3.63, 3.8) is 0 Å². The van der Waals surface area contributed by atoms with Crippen LogP contribution in [0.3, 0.4) is 0 Å². The maximum absolute atomic E-state index is 4.57. The topological polar surface area (TPSA) is 55.1 Å². The van der Waals surface area contributed by atoms with E-state index in [-0.39, 0.29) is 0 Å². The van der Waals surface area contributed by atoms with E-state index in [1.54, 1.807) is 6.20 Å². The minimum atomic E-state index is 0.374. The highest BCUT2D eigenvalue weighted by Gasteiger charge is 2.09. The van der Waals surface area contributed by atoms with Crippen molar-refractivity contribution in [2.24, 2.45) is 0 Å². The van der Waals surface area contributed by atoms with Gasteiger partial charge in [0.05, 0.1) is 11.9 Å². The Morgan fingerprint density at radius 2 is 1.93 bits per heavy atom. The van der Waals surface area contributed by atoms with E-state index in [0.29, 0.717) is 5.92 Å². The third-order valence-electron chi connectivity index (χ3n) is 4.80. The molecule has 0 aromatic carbocycles. The number of imidazole rings is 1. The van der Waals surface area contributed by atoms with Crippen LogP contribution < -0.4 is 5.32 Å². The van der Waals surface area contributed by atoms with Crippen LogP contribution in [0.2, 0.25) is 0 Å². The number of hydrogen-bond donors (Lipinski definition) is 1. The van der Waals surface area contributed by atoms with E-state index >= 15 is 0 Å². The minimum absolute atomic E-state index is 0.374. The van der Waals surface area contributed by atoms with Gasteiger partial charge in [0.15, 0.2) is 0 Å². The van der Waals surface area contributed by atoms with E-state index < -0.39 is 0 Å². The first-order valence-corrected chi connectivity index (χ1v) is 9.33. The van der Waals surface area contributed by atoms with Crippen molar-refractivity contribution in [3.8, 4) is 11.1 Å². The first-order chi connectivity index (χ1) is 13.5. The number of fused-ring (bicyclic) bond motifs is 1. The molecule has 0 amide bonds. The van der Waals surface area contributed by atoms with Crippen molar-refractivity contribution in [3.05, 3.63) is 84.8 Å². The summed E-state index contributed by atoms with van der Waals surface area (Å²) in [5.74, 6) is 0.374. The number of hydrogen-bond acceptors (Lipinski definition) is 4. The van der Waals surface area contributed by atoms with Crippen molar-refractivity contribution in [1.29, 1.82) is 0 Å². The summed E-state index contributed by atoms with van der Waals surface area (Å²) in [6.07, 6.45) is 9.48. The molecule has 4 rings (SSSR count). The lowest BCUT2D eigenvalue weighted by atomic mass is 10.0. The maximum atomic E-state index is 4.57.